The number of rotatable bonds is 8. The van der Waals surface area contributed by atoms with Gasteiger partial charge < -0.3 is 14.6 Å². The zero-order valence-corrected chi connectivity index (χ0v) is 18.3. The van der Waals surface area contributed by atoms with E-state index in [-0.39, 0.29) is 30.5 Å². The monoisotopic (exact) mass is 436 g/mol. The first-order valence-corrected chi connectivity index (χ1v) is 10.2. The van der Waals surface area contributed by atoms with Crippen LogP contribution in [0.25, 0.3) is 5.69 Å². The van der Waals surface area contributed by atoms with Crippen molar-refractivity contribution in [3.8, 4) is 5.69 Å². The zero-order chi connectivity index (χ0) is 23.3. The van der Waals surface area contributed by atoms with E-state index in [0.29, 0.717) is 22.5 Å². The van der Waals surface area contributed by atoms with Gasteiger partial charge in [-0.1, -0.05) is 36.4 Å². The highest BCUT2D eigenvalue weighted by Gasteiger charge is 2.19. The molecule has 1 amide bonds. The second-order valence-electron chi connectivity index (χ2n) is 7.58. The van der Waals surface area contributed by atoms with E-state index in [2.05, 4.69) is 5.32 Å². The van der Waals surface area contributed by atoms with Gasteiger partial charge in [0.05, 0.1) is 6.42 Å². The topological polar surface area (TPSA) is 77.4 Å². The summed E-state index contributed by atoms with van der Waals surface area (Å²) in [6, 6.07) is 15.7. The Hall–Kier alpha value is -3.74. The van der Waals surface area contributed by atoms with E-state index in [0.717, 1.165) is 11.3 Å². The predicted octanol–water partition coefficient (Wildman–Crippen LogP) is 3.63. The second-order valence-corrected chi connectivity index (χ2v) is 7.58. The molecule has 0 saturated carbocycles. The fraction of sp³-hybridized carbons (Fsp3) is 0.240. The average Bonchev–Trinajstić information content (AvgIpc) is 3.07. The van der Waals surface area contributed by atoms with Gasteiger partial charge in [-0.15, -0.1) is 0 Å². The van der Waals surface area contributed by atoms with E-state index in [1.54, 1.807) is 36.6 Å². The third-order valence-electron chi connectivity index (χ3n) is 5.15. The minimum atomic E-state index is -0.700. The molecule has 0 spiro atoms. The van der Waals surface area contributed by atoms with Gasteiger partial charge in [0, 0.05) is 22.6 Å². The number of Topliss-reactive ketones (excluding diaryl/α,β-unsaturated/α-hetero) is 1. The van der Waals surface area contributed by atoms with Crippen molar-refractivity contribution in [3.05, 3.63) is 88.5 Å². The lowest BCUT2D eigenvalue weighted by Crippen LogP contribution is -2.32. The molecule has 0 fully saturated rings. The van der Waals surface area contributed by atoms with Crippen LogP contribution >= 0.6 is 0 Å². The van der Waals surface area contributed by atoms with Crippen molar-refractivity contribution in [2.75, 3.05) is 13.2 Å². The molecule has 0 unspecified atom stereocenters. The molecule has 0 aliphatic heterocycles. The molecule has 166 valence electrons. The summed E-state index contributed by atoms with van der Waals surface area (Å²) in [5.41, 5.74) is 3.76. The molecular formula is C25H25FN2O4. The molecule has 1 N–H and O–H groups in total. The number of nitrogens with zero attached hydrogens (tertiary/aromatic N) is 1. The van der Waals surface area contributed by atoms with Crippen LogP contribution in [0, 0.1) is 26.6 Å². The van der Waals surface area contributed by atoms with Gasteiger partial charge >= 0.3 is 5.97 Å². The largest absolute Gasteiger partial charge is 0.456 e. The minimum absolute atomic E-state index is 0.151. The molecular weight excluding hydrogens is 411 g/mol. The highest BCUT2D eigenvalue weighted by atomic mass is 19.1. The number of halogens is 1. The van der Waals surface area contributed by atoms with Crippen LogP contribution in [-0.4, -0.2) is 35.4 Å². The Morgan fingerprint density at radius 2 is 1.72 bits per heavy atom. The number of amides is 1. The molecule has 3 aromatic rings. The molecule has 0 saturated heterocycles. The third-order valence-corrected chi connectivity index (χ3v) is 5.15. The van der Waals surface area contributed by atoms with Crippen LogP contribution in [0.4, 0.5) is 4.39 Å². The normalized spacial score (nSPS) is 10.6. The van der Waals surface area contributed by atoms with Crippen LogP contribution < -0.4 is 5.32 Å². The minimum Gasteiger partial charge on any atom is -0.456 e. The summed E-state index contributed by atoms with van der Waals surface area (Å²) in [5.74, 6) is -1.71. The van der Waals surface area contributed by atoms with Crippen molar-refractivity contribution < 1.29 is 23.5 Å². The SMILES string of the molecule is Cc1ccc(-n2c(C)cc(C(=O)COC(=O)CNC(=O)Cc3ccccc3)c2C)cc1F. The Morgan fingerprint density at radius 3 is 2.41 bits per heavy atom. The van der Waals surface area contributed by atoms with Gasteiger partial charge in [0.1, 0.15) is 12.4 Å². The summed E-state index contributed by atoms with van der Waals surface area (Å²) in [6.07, 6.45) is 0.151. The molecule has 1 heterocycles. The molecule has 0 radical (unpaired) electrons. The number of nitrogens with one attached hydrogen (secondary N) is 1. The molecule has 0 bridgehead atoms. The van der Waals surface area contributed by atoms with Gasteiger partial charge in [0.2, 0.25) is 11.7 Å². The standard InChI is InChI=1S/C25H25FN2O4/c1-16-9-10-20(13-22(16)26)28-17(2)11-21(18(28)3)23(29)15-32-25(31)14-27-24(30)12-19-7-5-4-6-8-19/h4-11,13H,12,14-15H2,1-3H3,(H,27,30). The number of aromatic nitrogens is 1. The predicted molar refractivity (Wildman–Crippen MR) is 118 cm³/mol. The number of ketones is 1. The molecule has 0 aliphatic rings. The van der Waals surface area contributed by atoms with E-state index in [1.807, 2.05) is 37.3 Å². The Morgan fingerprint density at radius 1 is 1.00 bits per heavy atom. The smallest absolute Gasteiger partial charge is 0.325 e. The molecule has 2 aromatic carbocycles. The molecule has 0 atom stereocenters. The molecule has 6 nitrogen and oxygen atoms in total. The van der Waals surface area contributed by atoms with Crippen molar-refractivity contribution in [2.45, 2.75) is 27.2 Å². The number of benzene rings is 2. The van der Waals surface area contributed by atoms with Crippen LogP contribution in [0.15, 0.2) is 54.6 Å². The van der Waals surface area contributed by atoms with E-state index in [9.17, 15) is 18.8 Å². The maximum Gasteiger partial charge on any atom is 0.325 e. The fourth-order valence-corrected chi connectivity index (χ4v) is 3.45. The molecule has 3 rings (SSSR count). The first-order chi connectivity index (χ1) is 15.3. The highest BCUT2D eigenvalue weighted by molar-refractivity contribution is 5.99. The first-order valence-electron chi connectivity index (χ1n) is 10.2. The van der Waals surface area contributed by atoms with Gasteiger partial charge in [-0.05, 0) is 50.1 Å². The molecule has 7 heteroatoms. The summed E-state index contributed by atoms with van der Waals surface area (Å²) in [5, 5.41) is 2.49. The van der Waals surface area contributed by atoms with E-state index >= 15 is 0 Å². The number of hydrogen-bond acceptors (Lipinski definition) is 4. The van der Waals surface area contributed by atoms with Crippen molar-refractivity contribution in [1.82, 2.24) is 9.88 Å². The Kier molecular flexibility index (Phi) is 7.20. The van der Waals surface area contributed by atoms with Crippen molar-refractivity contribution >= 4 is 17.7 Å². The van der Waals surface area contributed by atoms with Crippen LogP contribution in [-0.2, 0) is 20.7 Å². The van der Waals surface area contributed by atoms with Crippen molar-refractivity contribution in [3.63, 3.8) is 0 Å². The van der Waals surface area contributed by atoms with Gasteiger partial charge in [0.25, 0.3) is 0 Å². The van der Waals surface area contributed by atoms with Crippen molar-refractivity contribution in [1.29, 1.82) is 0 Å². The lowest BCUT2D eigenvalue weighted by atomic mass is 10.1. The van der Waals surface area contributed by atoms with Crippen LogP contribution in [0.1, 0.15) is 32.9 Å². The fourth-order valence-electron chi connectivity index (χ4n) is 3.45. The van der Waals surface area contributed by atoms with E-state index in [4.69, 9.17) is 4.74 Å². The second kappa shape index (κ2) is 10.0. The zero-order valence-electron chi connectivity index (χ0n) is 18.3. The van der Waals surface area contributed by atoms with Gasteiger partial charge in [-0.25, -0.2) is 4.39 Å². The van der Waals surface area contributed by atoms with Crippen LogP contribution in [0.3, 0.4) is 0 Å². The summed E-state index contributed by atoms with van der Waals surface area (Å²) in [7, 11) is 0. The first kappa shape index (κ1) is 22.9. The van der Waals surface area contributed by atoms with Gasteiger partial charge in [0.15, 0.2) is 6.61 Å². The van der Waals surface area contributed by atoms with E-state index < -0.39 is 12.6 Å². The molecule has 32 heavy (non-hydrogen) atoms. The van der Waals surface area contributed by atoms with Crippen molar-refractivity contribution in [2.24, 2.45) is 0 Å². The summed E-state index contributed by atoms with van der Waals surface area (Å²) in [6.45, 7) is 4.49. The number of aryl methyl sites for hydroxylation is 2. The summed E-state index contributed by atoms with van der Waals surface area (Å²) < 4.78 is 20.8. The number of esters is 1. The van der Waals surface area contributed by atoms with Gasteiger partial charge in [-0.2, -0.15) is 0 Å². The summed E-state index contributed by atoms with van der Waals surface area (Å²) >= 11 is 0. The van der Waals surface area contributed by atoms with Crippen LogP contribution in [0.2, 0.25) is 0 Å². The highest BCUT2D eigenvalue weighted by Crippen LogP contribution is 2.23. The molecule has 1 aromatic heterocycles. The number of carbonyl (C=O) groups is 3. The lowest BCUT2D eigenvalue weighted by molar-refractivity contribution is -0.142. The van der Waals surface area contributed by atoms with E-state index in [1.165, 1.54) is 6.07 Å². The number of carbonyl (C=O) groups excluding carboxylic acids is 3. The Bertz CT molecular complexity index is 1150. The Labute approximate surface area is 186 Å². The van der Waals surface area contributed by atoms with Crippen LogP contribution in [0.5, 0.6) is 0 Å². The lowest BCUT2D eigenvalue weighted by Gasteiger charge is -2.11. The third kappa shape index (κ3) is 5.49. The summed E-state index contributed by atoms with van der Waals surface area (Å²) in [4.78, 5) is 36.5. The average molecular weight is 436 g/mol. The maximum absolute atomic E-state index is 14.0. The number of hydrogen-bond donors (Lipinski definition) is 1. The maximum atomic E-state index is 14.0. The molecule has 0 aliphatic carbocycles. The quantitative estimate of drug-likeness (QED) is 0.432. The Balaban J connectivity index is 1.56. The van der Waals surface area contributed by atoms with Gasteiger partial charge in [-0.3, -0.25) is 14.4 Å². The number of ether oxygens (including phenoxy) is 1.